The van der Waals surface area contributed by atoms with Crippen molar-refractivity contribution in [3.8, 4) is 5.75 Å². The van der Waals surface area contributed by atoms with Crippen molar-refractivity contribution in [2.75, 3.05) is 20.2 Å². The highest BCUT2D eigenvalue weighted by molar-refractivity contribution is 6.00. The van der Waals surface area contributed by atoms with Crippen LogP contribution in [0.3, 0.4) is 0 Å². The minimum Gasteiger partial charge on any atom is -0.496 e. The Bertz CT molecular complexity index is 863. The first-order valence-electron chi connectivity index (χ1n) is 9.18. The van der Waals surface area contributed by atoms with Gasteiger partial charge < -0.3 is 15.2 Å². The maximum Gasteiger partial charge on any atom is 0.416 e. The van der Waals surface area contributed by atoms with E-state index < -0.39 is 11.7 Å². The Labute approximate surface area is 162 Å². The number of alkyl halides is 3. The van der Waals surface area contributed by atoms with Gasteiger partial charge in [-0.2, -0.15) is 13.2 Å². The molecule has 2 aromatic rings. The molecule has 0 amide bonds. The molecule has 1 aliphatic rings. The Morgan fingerprint density at radius 1 is 1.18 bits per heavy atom. The van der Waals surface area contributed by atoms with E-state index in [2.05, 4.69) is 10.3 Å². The summed E-state index contributed by atoms with van der Waals surface area (Å²) in [5.74, 6) is 1.11. The summed E-state index contributed by atoms with van der Waals surface area (Å²) in [5.41, 5.74) is 1.53. The van der Waals surface area contributed by atoms with Crippen molar-refractivity contribution in [1.29, 1.82) is 0 Å². The lowest BCUT2D eigenvalue weighted by atomic mass is 9.93. The molecule has 1 aliphatic heterocycles. The second kappa shape index (κ2) is 8.65. The van der Waals surface area contributed by atoms with Gasteiger partial charge in [0.15, 0.2) is 0 Å². The van der Waals surface area contributed by atoms with E-state index in [4.69, 9.17) is 4.74 Å². The lowest BCUT2D eigenvalue weighted by Gasteiger charge is -2.21. The zero-order valence-electron chi connectivity index (χ0n) is 15.6. The maximum atomic E-state index is 13.7. The number of aliphatic hydroxyl groups is 1. The minimum absolute atomic E-state index is 0.137. The second-order valence-electron chi connectivity index (χ2n) is 6.64. The number of hydrogen-bond donors (Lipinski definition) is 2. The summed E-state index contributed by atoms with van der Waals surface area (Å²) in [4.78, 5) is 4.38. The molecule has 7 heteroatoms. The van der Waals surface area contributed by atoms with Gasteiger partial charge in [0.1, 0.15) is 11.6 Å². The molecule has 2 N–H and O–H groups in total. The van der Waals surface area contributed by atoms with Crippen molar-refractivity contribution >= 4 is 5.84 Å². The van der Waals surface area contributed by atoms with Crippen LogP contribution in [0.1, 0.15) is 34.2 Å². The van der Waals surface area contributed by atoms with Gasteiger partial charge in [0.25, 0.3) is 0 Å². The van der Waals surface area contributed by atoms with Crippen LogP contribution in [0.5, 0.6) is 5.75 Å². The fraction of sp³-hybridized carbons (Fsp3) is 0.381. The van der Waals surface area contributed by atoms with E-state index in [1.165, 1.54) is 13.2 Å². The summed E-state index contributed by atoms with van der Waals surface area (Å²) in [6.07, 6.45) is -3.05. The molecule has 0 spiro atoms. The monoisotopic (exact) mass is 392 g/mol. The number of aliphatic hydroxyl groups excluding tert-OH is 1. The first-order valence-corrected chi connectivity index (χ1v) is 9.18. The van der Waals surface area contributed by atoms with Gasteiger partial charge in [-0.05, 0) is 54.2 Å². The van der Waals surface area contributed by atoms with Gasteiger partial charge in [0.2, 0.25) is 0 Å². The maximum absolute atomic E-state index is 13.7. The van der Waals surface area contributed by atoms with Gasteiger partial charge in [-0.15, -0.1) is 0 Å². The van der Waals surface area contributed by atoms with Crippen LogP contribution in [0.2, 0.25) is 0 Å². The Kier molecular flexibility index (Phi) is 6.24. The number of rotatable bonds is 6. The van der Waals surface area contributed by atoms with Gasteiger partial charge in [0, 0.05) is 18.7 Å². The molecule has 4 nitrogen and oxygen atoms in total. The highest BCUT2D eigenvalue weighted by Crippen LogP contribution is 2.35. The highest BCUT2D eigenvalue weighted by Gasteiger charge is 2.34. The normalized spacial score (nSPS) is 14.4. The highest BCUT2D eigenvalue weighted by atomic mass is 19.4. The molecule has 0 aliphatic carbocycles. The molecule has 1 heterocycles. The fourth-order valence-corrected chi connectivity index (χ4v) is 3.44. The minimum atomic E-state index is -4.45. The first kappa shape index (κ1) is 20.2. The van der Waals surface area contributed by atoms with Crippen molar-refractivity contribution in [2.45, 2.75) is 32.0 Å². The molecule has 0 fully saturated rings. The molecule has 0 aromatic heterocycles. The van der Waals surface area contributed by atoms with E-state index in [0.29, 0.717) is 42.2 Å². The number of aryl methyl sites for hydroxylation is 1. The number of nitrogens with zero attached hydrogens (tertiary/aromatic N) is 1. The predicted molar refractivity (Wildman–Crippen MR) is 102 cm³/mol. The van der Waals surface area contributed by atoms with Crippen LogP contribution in [-0.4, -0.2) is 31.1 Å². The third-order valence-corrected chi connectivity index (χ3v) is 4.81. The lowest BCUT2D eigenvalue weighted by molar-refractivity contribution is -0.138. The molecule has 150 valence electrons. The van der Waals surface area contributed by atoms with Crippen LogP contribution in [-0.2, 0) is 25.6 Å². The molecule has 0 saturated heterocycles. The van der Waals surface area contributed by atoms with Gasteiger partial charge >= 0.3 is 6.18 Å². The first-order chi connectivity index (χ1) is 13.4. The average molecular weight is 392 g/mol. The number of ether oxygens (including phenoxy) is 1. The molecular formula is C21H23F3N2O2. The SMILES string of the molecule is COc1ccc(CO)cc1CCc1c(C2=NCCCN2)cccc1C(F)(F)F. The molecule has 0 unspecified atom stereocenters. The molecule has 0 atom stereocenters. The molecule has 0 bridgehead atoms. The van der Waals surface area contributed by atoms with Gasteiger partial charge in [0.05, 0.1) is 19.3 Å². The van der Waals surface area contributed by atoms with Gasteiger partial charge in [-0.1, -0.05) is 18.2 Å². The number of halogens is 3. The Morgan fingerprint density at radius 3 is 2.64 bits per heavy atom. The molecule has 2 aromatic carbocycles. The second-order valence-corrected chi connectivity index (χ2v) is 6.64. The number of amidine groups is 1. The predicted octanol–water partition coefficient (Wildman–Crippen LogP) is 3.73. The van der Waals surface area contributed by atoms with Crippen molar-refractivity contribution < 1.29 is 23.0 Å². The largest absolute Gasteiger partial charge is 0.496 e. The summed E-state index contributed by atoms with van der Waals surface area (Å²) in [6, 6.07) is 9.45. The topological polar surface area (TPSA) is 53.9 Å². The standard InChI is InChI=1S/C21H23F3N2O2/c1-28-19-9-6-14(13-27)12-15(19)7-8-16-17(20-25-10-3-11-26-20)4-2-5-18(16)21(22,23)24/h2,4-6,9,12,27H,3,7-8,10-11,13H2,1H3,(H,25,26). The zero-order chi connectivity index (χ0) is 20.1. The third-order valence-electron chi connectivity index (χ3n) is 4.81. The summed E-state index contributed by atoms with van der Waals surface area (Å²) in [5, 5.41) is 12.5. The van der Waals surface area contributed by atoms with Crippen molar-refractivity contribution in [3.05, 3.63) is 64.2 Å². The molecule has 3 rings (SSSR count). The Balaban J connectivity index is 1.99. The summed E-state index contributed by atoms with van der Waals surface area (Å²) in [7, 11) is 1.52. The van der Waals surface area contributed by atoms with Crippen LogP contribution >= 0.6 is 0 Å². The Hall–Kier alpha value is -2.54. The van der Waals surface area contributed by atoms with E-state index >= 15 is 0 Å². The number of hydrogen-bond acceptors (Lipinski definition) is 4. The van der Waals surface area contributed by atoms with Crippen molar-refractivity contribution in [3.63, 3.8) is 0 Å². The molecule has 0 radical (unpaired) electrons. The van der Waals surface area contributed by atoms with E-state index in [0.717, 1.165) is 18.1 Å². The summed E-state index contributed by atoms with van der Waals surface area (Å²) in [6.45, 7) is 1.16. The molecular weight excluding hydrogens is 369 g/mol. The molecule has 28 heavy (non-hydrogen) atoms. The van der Waals surface area contributed by atoms with Crippen LogP contribution in [0.15, 0.2) is 41.4 Å². The number of benzene rings is 2. The number of methoxy groups -OCH3 is 1. The van der Waals surface area contributed by atoms with Gasteiger partial charge in [-0.3, -0.25) is 4.99 Å². The number of nitrogens with one attached hydrogen (secondary N) is 1. The van der Waals surface area contributed by atoms with Crippen molar-refractivity contribution in [2.24, 2.45) is 4.99 Å². The summed E-state index contributed by atoms with van der Waals surface area (Å²) >= 11 is 0. The van der Waals surface area contributed by atoms with Crippen LogP contribution < -0.4 is 10.1 Å². The third kappa shape index (κ3) is 4.47. The van der Waals surface area contributed by atoms with Crippen molar-refractivity contribution in [1.82, 2.24) is 5.32 Å². The van der Waals surface area contributed by atoms with E-state index in [-0.39, 0.29) is 18.6 Å². The zero-order valence-corrected chi connectivity index (χ0v) is 15.6. The van der Waals surface area contributed by atoms with E-state index in [1.807, 2.05) is 0 Å². The lowest BCUT2D eigenvalue weighted by Crippen LogP contribution is -2.31. The van der Waals surface area contributed by atoms with E-state index in [1.54, 1.807) is 24.3 Å². The quantitative estimate of drug-likeness (QED) is 0.788. The Morgan fingerprint density at radius 2 is 2.00 bits per heavy atom. The van der Waals surface area contributed by atoms with E-state index in [9.17, 15) is 18.3 Å². The number of aliphatic imine (C=N–C) groups is 1. The van der Waals surface area contributed by atoms with Crippen LogP contribution in [0.25, 0.3) is 0 Å². The van der Waals surface area contributed by atoms with Crippen LogP contribution in [0.4, 0.5) is 13.2 Å². The average Bonchev–Trinajstić information content (AvgIpc) is 2.71. The fourth-order valence-electron chi connectivity index (χ4n) is 3.44. The smallest absolute Gasteiger partial charge is 0.416 e. The molecule has 0 saturated carbocycles. The van der Waals surface area contributed by atoms with Crippen LogP contribution in [0, 0.1) is 0 Å². The summed E-state index contributed by atoms with van der Waals surface area (Å²) < 4.78 is 46.3. The van der Waals surface area contributed by atoms with Gasteiger partial charge in [-0.25, -0.2) is 0 Å².